The molecule has 1 atom stereocenters. The SMILES string of the molecule is CC(C)CC(NC(=O)c1ccc(Cl)cc1Cl)C(=O)N(C)Cc1ccncc1. The number of likely N-dealkylation sites (N-methyl/N-ethyl adjacent to an activating group) is 1. The van der Waals surface area contributed by atoms with E-state index < -0.39 is 11.9 Å². The summed E-state index contributed by atoms with van der Waals surface area (Å²) >= 11 is 12.0. The van der Waals surface area contributed by atoms with Gasteiger partial charge in [-0.2, -0.15) is 0 Å². The van der Waals surface area contributed by atoms with Gasteiger partial charge >= 0.3 is 0 Å². The second-order valence-corrected chi connectivity index (χ2v) is 7.67. The highest BCUT2D eigenvalue weighted by Crippen LogP contribution is 2.21. The highest BCUT2D eigenvalue weighted by molar-refractivity contribution is 6.36. The molecule has 0 aliphatic carbocycles. The average molecular weight is 408 g/mol. The van der Waals surface area contributed by atoms with Crippen LogP contribution in [0.4, 0.5) is 0 Å². The van der Waals surface area contributed by atoms with Crippen LogP contribution in [0.15, 0.2) is 42.7 Å². The number of aromatic nitrogens is 1. The van der Waals surface area contributed by atoms with Gasteiger partial charge < -0.3 is 10.2 Å². The van der Waals surface area contributed by atoms with Crippen LogP contribution in [-0.2, 0) is 11.3 Å². The smallest absolute Gasteiger partial charge is 0.253 e. The summed E-state index contributed by atoms with van der Waals surface area (Å²) in [6.45, 7) is 4.45. The lowest BCUT2D eigenvalue weighted by molar-refractivity contribution is -0.132. The maximum absolute atomic E-state index is 12.9. The third-order valence-corrected chi connectivity index (χ3v) is 4.58. The van der Waals surface area contributed by atoms with Gasteiger partial charge in [-0.15, -0.1) is 0 Å². The van der Waals surface area contributed by atoms with Crippen molar-refractivity contribution in [3.8, 4) is 0 Å². The van der Waals surface area contributed by atoms with Gasteiger partial charge in [0.05, 0.1) is 10.6 Å². The van der Waals surface area contributed by atoms with Crippen LogP contribution in [0.5, 0.6) is 0 Å². The number of hydrogen-bond acceptors (Lipinski definition) is 3. The zero-order chi connectivity index (χ0) is 20.0. The molecule has 144 valence electrons. The first-order valence-electron chi connectivity index (χ1n) is 8.67. The lowest BCUT2D eigenvalue weighted by Crippen LogP contribution is -2.47. The maximum atomic E-state index is 12.9. The molecule has 0 saturated heterocycles. The normalized spacial score (nSPS) is 11.9. The minimum absolute atomic E-state index is 0.154. The Morgan fingerprint density at radius 3 is 2.41 bits per heavy atom. The molecule has 0 saturated carbocycles. The fraction of sp³-hybridized carbons (Fsp3) is 0.350. The Bertz CT molecular complexity index is 797. The monoisotopic (exact) mass is 407 g/mol. The highest BCUT2D eigenvalue weighted by atomic mass is 35.5. The zero-order valence-electron chi connectivity index (χ0n) is 15.6. The molecule has 1 aromatic heterocycles. The van der Waals surface area contributed by atoms with E-state index in [0.717, 1.165) is 5.56 Å². The lowest BCUT2D eigenvalue weighted by Gasteiger charge is -2.26. The Balaban J connectivity index is 2.13. The van der Waals surface area contributed by atoms with E-state index in [4.69, 9.17) is 23.2 Å². The number of nitrogens with zero attached hydrogens (tertiary/aromatic N) is 2. The third-order valence-electron chi connectivity index (χ3n) is 4.03. The molecule has 1 unspecified atom stereocenters. The van der Waals surface area contributed by atoms with Crippen molar-refractivity contribution in [1.29, 1.82) is 0 Å². The van der Waals surface area contributed by atoms with E-state index in [9.17, 15) is 9.59 Å². The van der Waals surface area contributed by atoms with Crippen LogP contribution in [0.1, 0.15) is 36.2 Å². The molecule has 1 heterocycles. The summed E-state index contributed by atoms with van der Waals surface area (Å²) in [4.78, 5) is 31.1. The number of pyridine rings is 1. The van der Waals surface area contributed by atoms with Gasteiger partial charge in [-0.05, 0) is 48.2 Å². The van der Waals surface area contributed by atoms with Crippen LogP contribution in [0.2, 0.25) is 10.0 Å². The molecule has 1 aromatic carbocycles. The van der Waals surface area contributed by atoms with E-state index in [-0.39, 0.29) is 16.8 Å². The summed E-state index contributed by atoms with van der Waals surface area (Å²) in [5.41, 5.74) is 1.26. The van der Waals surface area contributed by atoms with Gasteiger partial charge in [0, 0.05) is 31.0 Å². The van der Waals surface area contributed by atoms with Gasteiger partial charge in [0.2, 0.25) is 5.91 Å². The van der Waals surface area contributed by atoms with E-state index in [1.165, 1.54) is 6.07 Å². The summed E-state index contributed by atoms with van der Waals surface area (Å²) in [5, 5.41) is 3.52. The molecule has 2 aromatic rings. The van der Waals surface area contributed by atoms with E-state index in [2.05, 4.69) is 10.3 Å². The van der Waals surface area contributed by atoms with Crippen LogP contribution < -0.4 is 5.32 Å². The highest BCUT2D eigenvalue weighted by Gasteiger charge is 2.26. The molecule has 2 rings (SSSR count). The molecule has 0 fully saturated rings. The van der Waals surface area contributed by atoms with Crippen molar-refractivity contribution >= 4 is 35.0 Å². The van der Waals surface area contributed by atoms with Crippen molar-refractivity contribution in [2.24, 2.45) is 5.92 Å². The molecule has 0 radical (unpaired) electrons. The number of halogens is 2. The first kappa shape index (κ1) is 21.2. The Morgan fingerprint density at radius 2 is 1.81 bits per heavy atom. The van der Waals surface area contributed by atoms with E-state index in [1.54, 1.807) is 36.5 Å². The molecule has 0 spiro atoms. The van der Waals surface area contributed by atoms with Gasteiger partial charge in [-0.1, -0.05) is 37.0 Å². The standard InChI is InChI=1S/C20H23Cl2N3O2/c1-13(2)10-18(20(27)25(3)12-14-6-8-23-9-7-14)24-19(26)16-5-4-15(21)11-17(16)22/h4-9,11,13,18H,10,12H2,1-3H3,(H,24,26). The quantitative estimate of drug-likeness (QED) is 0.747. The molecule has 0 bridgehead atoms. The molecular weight excluding hydrogens is 385 g/mol. The second kappa shape index (κ2) is 9.72. The summed E-state index contributed by atoms with van der Waals surface area (Å²) in [6.07, 6.45) is 3.89. The van der Waals surface area contributed by atoms with Crippen LogP contribution >= 0.6 is 23.2 Å². The van der Waals surface area contributed by atoms with Gasteiger partial charge in [0.25, 0.3) is 5.91 Å². The number of benzene rings is 1. The third kappa shape index (κ3) is 6.22. The Morgan fingerprint density at radius 1 is 1.15 bits per heavy atom. The fourth-order valence-corrected chi connectivity index (χ4v) is 3.20. The second-order valence-electron chi connectivity index (χ2n) is 6.83. The Kier molecular flexibility index (Phi) is 7.63. The molecule has 5 nitrogen and oxygen atoms in total. The zero-order valence-corrected chi connectivity index (χ0v) is 17.1. The van der Waals surface area contributed by atoms with Gasteiger partial charge in [0.1, 0.15) is 6.04 Å². The topological polar surface area (TPSA) is 62.3 Å². The maximum Gasteiger partial charge on any atom is 0.253 e. The molecule has 7 heteroatoms. The molecular formula is C20H23Cl2N3O2. The first-order valence-corrected chi connectivity index (χ1v) is 9.43. The van der Waals surface area contributed by atoms with E-state index in [0.29, 0.717) is 23.6 Å². The Hall–Kier alpha value is -2.11. The van der Waals surface area contributed by atoms with Crippen LogP contribution in [-0.4, -0.2) is 34.8 Å². The number of carbonyl (C=O) groups is 2. The molecule has 1 N–H and O–H groups in total. The molecule has 0 aliphatic rings. The minimum atomic E-state index is -0.643. The van der Waals surface area contributed by atoms with Crippen molar-refractivity contribution in [2.45, 2.75) is 32.9 Å². The van der Waals surface area contributed by atoms with Crippen molar-refractivity contribution in [1.82, 2.24) is 15.2 Å². The number of carbonyl (C=O) groups excluding carboxylic acids is 2. The largest absolute Gasteiger partial charge is 0.340 e. The number of amides is 2. The van der Waals surface area contributed by atoms with Crippen molar-refractivity contribution < 1.29 is 9.59 Å². The fourth-order valence-electron chi connectivity index (χ4n) is 2.71. The van der Waals surface area contributed by atoms with E-state index in [1.807, 2.05) is 26.0 Å². The van der Waals surface area contributed by atoms with Crippen LogP contribution in [0.3, 0.4) is 0 Å². The summed E-state index contributed by atoms with van der Waals surface area (Å²) in [5.74, 6) is -0.318. The molecule has 27 heavy (non-hydrogen) atoms. The first-order chi connectivity index (χ1) is 12.8. The van der Waals surface area contributed by atoms with Crippen molar-refractivity contribution in [2.75, 3.05) is 7.05 Å². The van der Waals surface area contributed by atoms with Gasteiger partial charge in [0.15, 0.2) is 0 Å². The predicted molar refractivity (Wildman–Crippen MR) is 108 cm³/mol. The van der Waals surface area contributed by atoms with Gasteiger partial charge in [-0.3, -0.25) is 14.6 Å². The summed E-state index contributed by atoms with van der Waals surface area (Å²) < 4.78 is 0. The number of rotatable bonds is 7. The lowest BCUT2D eigenvalue weighted by atomic mass is 10.0. The average Bonchev–Trinajstić information content (AvgIpc) is 2.60. The Labute approximate surface area is 169 Å². The minimum Gasteiger partial charge on any atom is -0.340 e. The molecule has 0 aliphatic heterocycles. The summed E-state index contributed by atoms with van der Waals surface area (Å²) in [7, 11) is 1.72. The number of hydrogen-bond donors (Lipinski definition) is 1. The summed E-state index contributed by atoms with van der Waals surface area (Å²) in [6, 6.07) is 7.72. The predicted octanol–water partition coefficient (Wildman–Crippen LogP) is 4.19. The van der Waals surface area contributed by atoms with Crippen molar-refractivity contribution in [3.05, 3.63) is 63.9 Å². The van der Waals surface area contributed by atoms with E-state index >= 15 is 0 Å². The van der Waals surface area contributed by atoms with Gasteiger partial charge in [-0.25, -0.2) is 0 Å². The molecule has 2 amide bonds. The van der Waals surface area contributed by atoms with Crippen molar-refractivity contribution in [3.63, 3.8) is 0 Å². The number of nitrogens with one attached hydrogen (secondary N) is 1. The van der Waals surface area contributed by atoms with Crippen LogP contribution in [0, 0.1) is 5.92 Å². The van der Waals surface area contributed by atoms with Crippen LogP contribution in [0.25, 0.3) is 0 Å².